The normalized spacial score (nSPS) is 34.6. The Labute approximate surface area is 93.0 Å². The van der Waals surface area contributed by atoms with Crippen LogP contribution < -0.4 is 10.6 Å². The van der Waals surface area contributed by atoms with Gasteiger partial charge in [-0.15, -0.1) is 0 Å². The molecule has 15 heavy (non-hydrogen) atoms. The average Bonchev–Trinajstić information content (AvgIpc) is 2.12. The minimum absolute atomic E-state index is 0.312. The Morgan fingerprint density at radius 1 is 1.40 bits per heavy atom. The van der Waals surface area contributed by atoms with Gasteiger partial charge < -0.3 is 15.4 Å². The van der Waals surface area contributed by atoms with Crippen molar-refractivity contribution in [3.63, 3.8) is 0 Å². The molecule has 0 spiro atoms. The maximum absolute atomic E-state index is 5.44. The van der Waals surface area contributed by atoms with Gasteiger partial charge in [0.15, 0.2) is 0 Å². The van der Waals surface area contributed by atoms with E-state index in [0.717, 1.165) is 12.5 Å². The van der Waals surface area contributed by atoms with Crippen LogP contribution in [0.1, 0.15) is 26.7 Å². The topological polar surface area (TPSA) is 33.3 Å². The van der Waals surface area contributed by atoms with Gasteiger partial charge in [0.2, 0.25) is 0 Å². The summed E-state index contributed by atoms with van der Waals surface area (Å²) in [7, 11) is 1.82. The maximum Gasteiger partial charge on any atom is 0.0652 e. The first-order chi connectivity index (χ1) is 7.14. The molecule has 2 atom stereocenters. The van der Waals surface area contributed by atoms with E-state index in [4.69, 9.17) is 4.74 Å². The van der Waals surface area contributed by atoms with Crippen LogP contribution in [0.5, 0.6) is 0 Å². The fourth-order valence-corrected chi connectivity index (χ4v) is 2.65. The van der Waals surface area contributed by atoms with Crippen molar-refractivity contribution in [2.24, 2.45) is 11.3 Å². The van der Waals surface area contributed by atoms with E-state index < -0.39 is 0 Å². The highest BCUT2D eigenvalue weighted by Crippen LogP contribution is 2.42. The van der Waals surface area contributed by atoms with Crippen molar-refractivity contribution < 1.29 is 4.74 Å². The zero-order valence-electron chi connectivity index (χ0n) is 10.2. The zero-order valence-corrected chi connectivity index (χ0v) is 10.2. The second-order valence-electron chi connectivity index (χ2n) is 5.60. The lowest BCUT2D eigenvalue weighted by Crippen LogP contribution is -2.61. The molecule has 0 bridgehead atoms. The summed E-state index contributed by atoms with van der Waals surface area (Å²) in [6.07, 6.45) is 2.93. The summed E-state index contributed by atoms with van der Waals surface area (Å²) in [5.41, 5.74) is 0.312. The predicted octanol–water partition coefficient (Wildman–Crippen LogP) is 0.999. The Balaban J connectivity index is 1.63. The summed E-state index contributed by atoms with van der Waals surface area (Å²) in [6.45, 7) is 8.20. The molecule has 1 aliphatic heterocycles. The van der Waals surface area contributed by atoms with Gasteiger partial charge in [-0.25, -0.2) is 0 Å². The predicted molar refractivity (Wildman–Crippen MR) is 62.0 cm³/mol. The molecule has 1 saturated heterocycles. The molecule has 1 saturated carbocycles. The Morgan fingerprint density at radius 3 is 2.60 bits per heavy atom. The molecule has 2 N–H and O–H groups in total. The molecule has 3 nitrogen and oxygen atoms in total. The van der Waals surface area contributed by atoms with E-state index in [1.54, 1.807) is 0 Å². The van der Waals surface area contributed by atoms with Gasteiger partial charge in [-0.05, 0) is 38.4 Å². The highest BCUT2D eigenvalue weighted by atomic mass is 16.5. The van der Waals surface area contributed by atoms with E-state index in [1.165, 1.54) is 25.9 Å². The minimum atomic E-state index is 0.312. The van der Waals surface area contributed by atoms with Crippen molar-refractivity contribution in [1.29, 1.82) is 0 Å². The minimum Gasteiger partial charge on any atom is -0.381 e. The van der Waals surface area contributed by atoms with Gasteiger partial charge in [-0.3, -0.25) is 0 Å². The Kier molecular flexibility index (Phi) is 3.33. The summed E-state index contributed by atoms with van der Waals surface area (Å²) in [5, 5.41) is 6.98. The molecule has 0 aromatic rings. The van der Waals surface area contributed by atoms with Crippen LogP contribution in [0.3, 0.4) is 0 Å². The summed E-state index contributed by atoms with van der Waals surface area (Å²) >= 11 is 0. The van der Waals surface area contributed by atoms with Gasteiger partial charge in [0.1, 0.15) is 0 Å². The van der Waals surface area contributed by atoms with E-state index in [9.17, 15) is 0 Å². The molecule has 0 aromatic heterocycles. The van der Waals surface area contributed by atoms with Crippen LogP contribution in [0.25, 0.3) is 0 Å². The van der Waals surface area contributed by atoms with Crippen molar-refractivity contribution in [1.82, 2.24) is 10.6 Å². The Morgan fingerprint density at radius 2 is 2.13 bits per heavy atom. The van der Waals surface area contributed by atoms with E-state index in [-0.39, 0.29) is 0 Å². The molecule has 2 rings (SSSR count). The molecular formula is C12H24N2O. The number of nitrogens with one attached hydrogen (secondary N) is 2. The lowest BCUT2D eigenvalue weighted by atomic mass is 9.64. The lowest BCUT2D eigenvalue weighted by molar-refractivity contribution is -0.0975. The third-order valence-corrected chi connectivity index (χ3v) is 4.27. The molecule has 2 aliphatic rings. The van der Waals surface area contributed by atoms with E-state index >= 15 is 0 Å². The first kappa shape index (κ1) is 11.4. The lowest BCUT2D eigenvalue weighted by Gasteiger charge is -2.51. The van der Waals surface area contributed by atoms with Crippen LogP contribution in [0.2, 0.25) is 0 Å². The average molecular weight is 212 g/mol. The fourth-order valence-electron chi connectivity index (χ4n) is 2.65. The Bertz CT molecular complexity index is 214. The first-order valence-corrected chi connectivity index (χ1v) is 6.11. The SMILES string of the molecule is COC1CC(NCCC2CNC2)C1(C)C. The standard InChI is InChI=1S/C12H24N2O/c1-12(2)10(6-11(12)15-3)14-5-4-9-7-13-8-9/h9-11,13-14H,4-8H2,1-3H3. The van der Waals surface area contributed by atoms with E-state index in [1.807, 2.05) is 7.11 Å². The molecule has 2 unspecified atom stereocenters. The highest BCUT2D eigenvalue weighted by molar-refractivity contribution is 5.02. The van der Waals surface area contributed by atoms with Crippen LogP contribution in [-0.4, -0.2) is 38.9 Å². The molecule has 0 radical (unpaired) electrons. The van der Waals surface area contributed by atoms with Gasteiger partial charge in [0.25, 0.3) is 0 Å². The third-order valence-electron chi connectivity index (χ3n) is 4.27. The monoisotopic (exact) mass is 212 g/mol. The summed E-state index contributed by atoms with van der Waals surface area (Å²) in [5.74, 6) is 0.916. The van der Waals surface area contributed by atoms with Crippen LogP contribution >= 0.6 is 0 Å². The maximum atomic E-state index is 5.44. The molecule has 1 aliphatic carbocycles. The smallest absolute Gasteiger partial charge is 0.0652 e. The number of hydrogen-bond acceptors (Lipinski definition) is 3. The summed E-state index contributed by atoms with van der Waals surface area (Å²) in [6, 6.07) is 0.649. The first-order valence-electron chi connectivity index (χ1n) is 6.11. The fraction of sp³-hybridized carbons (Fsp3) is 1.00. The Hall–Kier alpha value is -0.120. The molecule has 3 heteroatoms. The number of hydrogen-bond donors (Lipinski definition) is 2. The number of rotatable bonds is 5. The van der Waals surface area contributed by atoms with Crippen LogP contribution in [0, 0.1) is 11.3 Å². The molecule has 0 amide bonds. The van der Waals surface area contributed by atoms with Crippen molar-refractivity contribution in [3.8, 4) is 0 Å². The third kappa shape index (κ3) is 2.19. The number of ether oxygens (including phenoxy) is 1. The second-order valence-corrected chi connectivity index (χ2v) is 5.60. The van der Waals surface area contributed by atoms with Crippen LogP contribution in [-0.2, 0) is 4.74 Å². The molecule has 1 heterocycles. The zero-order chi connectivity index (χ0) is 10.9. The quantitative estimate of drug-likeness (QED) is 0.713. The van der Waals surface area contributed by atoms with Gasteiger partial charge in [-0.1, -0.05) is 13.8 Å². The van der Waals surface area contributed by atoms with Crippen LogP contribution in [0.4, 0.5) is 0 Å². The van der Waals surface area contributed by atoms with Crippen molar-refractivity contribution >= 4 is 0 Å². The van der Waals surface area contributed by atoms with Crippen molar-refractivity contribution in [2.45, 2.75) is 38.8 Å². The van der Waals surface area contributed by atoms with Gasteiger partial charge in [0.05, 0.1) is 6.10 Å². The largest absolute Gasteiger partial charge is 0.381 e. The van der Waals surface area contributed by atoms with Gasteiger partial charge in [0, 0.05) is 18.6 Å². The van der Waals surface area contributed by atoms with E-state index in [2.05, 4.69) is 24.5 Å². The number of methoxy groups -OCH3 is 1. The van der Waals surface area contributed by atoms with E-state index in [0.29, 0.717) is 17.6 Å². The van der Waals surface area contributed by atoms with Gasteiger partial charge in [-0.2, -0.15) is 0 Å². The van der Waals surface area contributed by atoms with Crippen molar-refractivity contribution in [3.05, 3.63) is 0 Å². The molecule has 88 valence electrons. The molecule has 0 aromatic carbocycles. The highest BCUT2D eigenvalue weighted by Gasteiger charge is 2.48. The van der Waals surface area contributed by atoms with Gasteiger partial charge >= 0.3 is 0 Å². The summed E-state index contributed by atoms with van der Waals surface area (Å²) < 4.78 is 5.44. The second kappa shape index (κ2) is 4.40. The summed E-state index contributed by atoms with van der Waals surface area (Å²) in [4.78, 5) is 0. The van der Waals surface area contributed by atoms with Crippen LogP contribution in [0.15, 0.2) is 0 Å². The van der Waals surface area contributed by atoms with Crippen molar-refractivity contribution in [2.75, 3.05) is 26.7 Å². The molecular weight excluding hydrogens is 188 g/mol. The molecule has 2 fully saturated rings.